The number of rotatable bonds is 13. The van der Waals surface area contributed by atoms with E-state index in [0.717, 1.165) is 16.5 Å². The number of aromatic hydroxyl groups is 1. The van der Waals surface area contributed by atoms with E-state index in [1.807, 2.05) is 18.9 Å². The van der Waals surface area contributed by atoms with E-state index in [1.54, 1.807) is 24.3 Å². The lowest BCUT2D eigenvalue weighted by Crippen LogP contribution is -2.33. The molecular weight excluding hydrogens is 534 g/mol. The first-order valence-corrected chi connectivity index (χ1v) is 12.7. The number of fused-ring (bicyclic) bond motifs is 2. The van der Waals surface area contributed by atoms with Gasteiger partial charge in [0, 0.05) is 41.3 Å². The van der Waals surface area contributed by atoms with Crippen LogP contribution in [0.2, 0.25) is 0 Å². The number of ether oxygens (including phenoxy) is 3. The van der Waals surface area contributed by atoms with Gasteiger partial charge in [0.2, 0.25) is 0 Å². The normalized spacial score (nSPS) is 14.5. The molecule has 1 aromatic carbocycles. The number of esters is 1. The van der Waals surface area contributed by atoms with Crippen molar-refractivity contribution in [3.63, 3.8) is 0 Å². The van der Waals surface area contributed by atoms with Crippen LogP contribution in [0.25, 0.3) is 16.6 Å². The molecule has 0 fully saturated rings. The van der Waals surface area contributed by atoms with E-state index in [-0.39, 0.29) is 42.2 Å². The Bertz CT molecular complexity index is 1440. The summed E-state index contributed by atoms with van der Waals surface area (Å²) in [5.41, 5.74) is 4.35. The van der Waals surface area contributed by atoms with Gasteiger partial charge in [0.15, 0.2) is 0 Å². The van der Waals surface area contributed by atoms with E-state index in [9.17, 15) is 29.1 Å². The topological polar surface area (TPSA) is 161 Å². The predicted molar refractivity (Wildman–Crippen MR) is 147 cm³/mol. The lowest BCUT2D eigenvalue weighted by atomic mass is 9.97. The fourth-order valence-corrected chi connectivity index (χ4v) is 4.44. The van der Waals surface area contributed by atoms with E-state index in [2.05, 4.69) is 11.9 Å². The van der Waals surface area contributed by atoms with E-state index in [1.165, 1.54) is 6.92 Å². The van der Waals surface area contributed by atoms with Crippen molar-refractivity contribution in [2.24, 2.45) is 0 Å². The third kappa shape index (κ3) is 7.35. The number of nitrogens with one attached hydrogen (secondary N) is 1. The minimum Gasteiger partial charge on any atom is -0.508 e. The number of hydrogen-bond acceptors (Lipinski definition) is 11. The van der Waals surface area contributed by atoms with Gasteiger partial charge in [-0.3, -0.25) is 19.2 Å². The predicted octanol–water partition coefficient (Wildman–Crippen LogP) is 2.37. The number of pyridine rings is 1. The van der Waals surface area contributed by atoms with Crippen LogP contribution < -0.4 is 5.32 Å². The molecule has 2 N–H and O–H groups in total. The zero-order chi connectivity index (χ0) is 30.1. The van der Waals surface area contributed by atoms with Crippen molar-refractivity contribution < 1.29 is 43.3 Å². The second kappa shape index (κ2) is 13.9. The van der Waals surface area contributed by atoms with Crippen LogP contribution in [0.3, 0.4) is 0 Å². The monoisotopic (exact) mass is 565 g/mol. The number of alkyl carbamates (subject to hydrolysis) is 1. The van der Waals surface area contributed by atoms with Crippen molar-refractivity contribution >= 4 is 47.7 Å². The fraction of sp³-hybridized carbons (Fsp3) is 0.310. The molecule has 12 heteroatoms. The third-order valence-corrected chi connectivity index (χ3v) is 6.38. The van der Waals surface area contributed by atoms with Gasteiger partial charge in [0.05, 0.1) is 16.9 Å². The van der Waals surface area contributed by atoms with Crippen LogP contribution in [0.4, 0.5) is 4.79 Å². The largest absolute Gasteiger partial charge is 0.508 e. The lowest BCUT2D eigenvalue weighted by molar-refractivity contribution is -0.145. The summed E-state index contributed by atoms with van der Waals surface area (Å²) < 4.78 is 15.1. The minimum atomic E-state index is -1.00. The number of aldehydes is 2. The Morgan fingerprint density at radius 2 is 1.98 bits per heavy atom. The first-order valence-electron chi connectivity index (χ1n) is 12.7. The molecule has 1 aliphatic heterocycles. The Kier molecular flexibility index (Phi) is 10.3. The first-order chi connectivity index (χ1) is 19.6. The van der Waals surface area contributed by atoms with E-state index in [4.69, 9.17) is 19.2 Å². The Hall–Kier alpha value is -5.00. The molecule has 0 bridgehead atoms. The molecular formula is C29H31N3O9. The van der Waals surface area contributed by atoms with E-state index < -0.39 is 24.7 Å². The number of amides is 1. The number of aryl methyl sites for hydroxylation is 1. The number of hydrogen-bond donors (Lipinski definition) is 2. The van der Waals surface area contributed by atoms with Gasteiger partial charge in [-0.1, -0.05) is 13.5 Å². The SMILES string of the molecule is C=C(C=O)COC(=O)NCC(=O)OC(C)C(/C=C1/c2nc3ccc(O)cc3c(CC)c2CN1C)=C(/C=O)COC=O. The zero-order valence-corrected chi connectivity index (χ0v) is 23.0. The summed E-state index contributed by atoms with van der Waals surface area (Å²) in [7, 11) is 1.85. The molecule has 1 unspecified atom stereocenters. The van der Waals surface area contributed by atoms with Crippen LogP contribution >= 0.6 is 0 Å². The molecule has 0 aliphatic carbocycles. The number of phenols is 1. The molecule has 1 aromatic heterocycles. The highest BCUT2D eigenvalue weighted by molar-refractivity contribution is 5.89. The third-order valence-electron chi connectivity index (χ3n) is 6.38. The van der Waals surface area contributed by atoms with Crippen LogP contribution in [-0.2, 0) is 46.4 Å². The number of carbonyl (C=O) groups is 5. The van der Waals surface area contributed by atoms with Crippen LogP contribution in [-0.4, -0.2) is 79.0 Å². The molecule has 2 aromatic rings. The van der Waals surface area contributed by atoms with Gasteiger partial charge >= 0.3 is 12.1 Å². The second-order valence-corrected chi connectivity index (χ2v) is 9.20. The summed E-state index contributed by atoms with van der Waals surface area (Å²) in [6, 6.07) is 4.96. The molecule has 216 valence electrons. The summed E-state index contributed by atoms with van der Waals surface area (Å²) in [6.45, 7) is 6.39. The Balaban J connectivity index is 1.94. The number of carbonyl (C=O) groups excluding carboxylic acids is 5. The molecule has 41 heavy (non-hydrogen) atoms. The quantitative estimate of drug-likeness (QED) is 0.159. The maximum atomic E-state index is 12.5. The molecule has 12 nitrogen and oxygen atoms in total. The average molecular weight is 566 g/mol. The molecule has 3 rings (SSSR count). The number of aromatic nitrogens is 1. The summed E-state index contributed by atoms with van der Waals surface area (Å²) in [4.78, 5) is 64.5. The van der Waals surface area contributed by atoms with Gasteiger partial charge < -0.3 is 29.5 Å². The molecule has 1 aliphatic rings. The standard InChI is InChI=1S/C29H31N3O9/c1-5-21-23-8-20(36)6-7-25(23)31-28-24(21)11-32(4)26(28)9-22(19(13-34)15-39-16-35)18(3)41-27(37)10-30-29(38)40-14-17(2)12-33/h6-9,12-13,16,18,36H,2,5,10-11,14-15H2,1,3-4H3,(H,30,38)/b22-19-,26-9-. The van der Waals surface area contributed by atoms with Gasteiger partial charge in [0.1, 0.15) is 44.2 Å². The van der Waals surface area contributed by atoms with Gasteiger partial charge in [-0.05, 0) is 43.2 Å². The van der Waals surface area contributed by atoms with Gasteiger partial charge in [-0.2, -0.15) is 0 Å². The number of benzene rings is 1. The summed E-state index contributed by atoms with van der Waals surface area (Å²) in [5.74, 6) is -0.699. The van der Waals surface area contributed by atoms with Crippen LogP contribution in [0.1, 0.15) is 30.7 Å². The first kappa shape index (κ1) is 30.5. The molecule has 0 saturated heterocycles. The van der Waals surface area contributed by atoms with Gasteiger partial charge in [0.25, 0.3) is 6.47 Å². The van der Waals surface area contributed by atoms with E-state index >= 15 is 0 Å². The highest BCUT2D eigenvalue weighted by Gasteiger charge is 2.29. The molecule has 1 atom stereocenters. The van der Waals surface area contributed by atoms with Crippen molar-refractivity contribution in [1.29, 1.82) is 0 Å². The maximum Gasteiger partial charge on any atom is 0.407 e. The lowest BCUT2D eigenvalue weighted by Gasteiger charge is -2.20. The van der Waals surface area contributed by atoms with Gasteiger partial charge in [-0.15, -0.1) is 0 Å². The average Bonchev–Trinajstić information content (AvgIpc) is 3.26. The van der Waals surface area contributed by atoms with Crippen molar-refractivity contribution in [3.05, 3.63) is 64.4 Å². The fourth-order valence-electron chi connectivity index (χ4n) is 4.44. The Morgan fingerprint density at radius 3 is 2.63 bits per heavy atom. The summed E-state index contributed by atoms with van der Waals surface area (Å²) >= 11 is 0. The molecule has 0 spiro atoms. The highest BCUT2D eigenvalue weighted by Crippen LogP contribution is 2.38. The van der Waals surface area contributed by atoms with Crippen molar-refractivity contribution in [1.82, 2.24) is 15.2 Å². The van der Waals surface area contributed by atoms with Crippen molar-refractivity contribution in [2.75, 3.05) is 26.8 Å². The summed E-state index contributed by atoms with van der Waals surface area (Å²) in [5, 5.41) is 13.1. The number of phenolic OH excluding ortho intramolecular Hbond substituents is 1. The summed E-state index contributed by atoms with van der Waals surface area (Å²) in [6.07, 6.45) is 1.35. The smallest absolute Gasteiger partial charge is 0.407 e. The van der Waals surface area contributed by atoms with Crippen molar-refractivity contribution in [2.45, 2.75) is 32.9 Å². The van der Waals surface area contributed by atoms with Crippen LogP contribution in [0, 0.1) is 0 Å². The highest BCUT2D eigenvalue weighted by atomic mass is 16.6. The minimum absolute atomic E-state index is 0.0447. The van der Waals surface area contributed by atoms with Crippen LogP contribution in [0.15, 0.2) is 47.6 Å². The number of nitrogens with zero attached hydrogens (tertiary/aromatic N) is 2. The second-order valence-electron chi connectivity index (χ2n) is 9.20. The maximum absolute atomic E-state index is 12.5. The molecule has 0 radical (unpaired) electrons. The molecule has 0 saturated carbocycles. The Morgan fingerprint density at radius 1 is 1.22 bits per heavy atom. The molecule has 2 heterocycles. The van der Waals surface area contributed by atoms with Crippen LogP contribution in [0.5, 0.6) is 5.75 Å². The molecule has 1 amide bonds. The van der Waals surface area contributed by atoms with E-state index in [0.29, 0.717) is 42.4 Å². The van der Waals surface area contributed by atoms with Gasteiger partial charge in [-0.25, -0.2) is 9.78 Å². The van der Waals surface area contributed by atoms with Crippen molar-refractivity contribution in [3.8, 4) is 5.75 Å². The Labute approximate surface area is 236 Å². The zero-order valence-electron chi connectivity index (χ0n) is 23.0.